The fourth-order valence-corrected chi connectivity index (χ4v) is 4.11. The van der Waals surface area contributed by atoms with Crippen molar-refractivity contribution in [1.29, 1.82) is 0 Å². The number of carbonyl (C=O) groups is 2. The number of benzene rings is 1. The number of fused-ring (bicyclic) bond motifs is 1. The molecule has 0 aliphatic heterocycles. The SMILES string of the molecule is Cl.NCC(=O)Nc1sc2c(c1C(=O)c1ccccc1)CCCC2. The summed E-state index contributed by atoms with van der Waals surface area (Å²) in [5.41, 5.74) is 7.81. The van der Waals surface area contributed by atoms with Crippen LogP contribution in [0.5, 0.6) is 0 Å². The Kier molecular flexibility index (Phi) is 5.93. The number of nitrogens with one attached hydrogen (secondary N) is 1. The number of hydrogen-bond acceptors (Lipinski definition) is 4. The first-order chi connectivity index (χ1) is 10.7. The average Bonchev–Trinajstić information content (AvgIpc) is 2.92. The minimum absolute atomic E-state index is 0. The molecule has 4 nitrogen and oxygen atoms in total. The van der Waals surface area contributed by atoms with E-state index in [0.717, 1.165) is 31.2 Å². The fraction of sp³-hybridized carbons (Fsp3) is 0.294. The molecular formula is C17H19ClN2O2S. The maximum Gasteiger partial charge on any atom is 0.238 e. The summed E-state index contributed by atoms with van der Waals surface area (Å²) in [6, 6.07) is 9.21. The van der Waals surface area contributed by atoms with E-state index in [-0.39, 0.29) is 30.6 Å². The van der Waals surface area contributed by atoms with Gasteiger partial charge in [-0.25, -0.2) is 0 Å². The first kappa shape index (κ1) is 17.7. The Hall–Kier alpha value is -1.69. The molecule has 1 aliphatic rings. The summed E-state index contributed by atoms with van der Waals surface area (Å²) in [5, 5.41) is 3.45. The Morgan fingerprint density at radius 3 is 2.52 bits per heavy atom. The van der Waals surface area contributed by atoms with Crippen molar-refractivity contribution in [3.63, 3.8) is 0 Å². The van der Waals surface area contributed by atoms with E-state index in [1.165, 1.54) is 16.2 Å². The lowest BCUT2D eigenvalue weighted by Gasteiger charge is -2.12. The molecule has 0 bridgehead atoms. The zero-order valence-electron chi connectivity index (χ0n) is 12.6. The summed E-state index contributed by atoms with van der Waals surface area (Å²) in [4.78, 5) is 25.8. The van der Waals surface area contributed by atoms with Crippen LogP contribution in [0, 0.1) is 0 Å². The van der Waals surface area contributed by atoms with Crippen molar-refractivity contribution in [1.82, 2.24) is 0 Å². The predicted octanol–water partition coefficient (Wildman–Crippen LogP) is 3.18. The summed E-state index contributed by atoms with van der Waals surface area (Å²) >= 11 is 1.52. The first-order valence-electron chi connectivity index (χ1n) is 7.45. The normalized spacial score (nSPS) is 12.9. The van der Waals surface area contributed by atoms with Crippen molar-refractivity contribution in [3.05, 3.63) is 51.9 Å². The van der Waals surface area contributed by atoms with Gasteiger partial charge in [-0.3, -0.25) is 9.59 Å². The number of rotatable bonds is 4. The highest BCUT2D eigenvalue weighted by atomic mass is 35.5. The van der Waals surface area contributed by atoms with Crippen LogP contribution in [0.2, 0.25) is 0 Å². The zero-order chi connectivity index (χ0) is 15.5. The molecule has 1 aromatic carbocycles. The van der Waals surface area contributed by atoms with Gasteiger partial charge in [0.25, 0.3) is 0 Å². The Morgan fingerprint density at radius 2 is 1.83 bits per heavy atom. The highest BCUT2D eigenvalue weighted by Gasteiger charge is 2.26. The van der Waals surface area contributed by atoms with Gasteiger partial charge < -0.3 is 11.1 Å². The number of aryl methyl sites for hydroxylation is 1. The Balaban J connectivity index is 0.00000192. The number of amides is 1. The molecule has 1 heterocycles. The molecule has 23 heavy (non-hydrogen) atoms. The van der Waals surface area contributed by atoms with E-state index in [1.807, 2.05) is 30.3 Å². The van der Waals surface area contributed by atoms with Crippen LogP contribution in [0.4, 0.5) is 5.00 Å². The average molecular weight is 351 g/mol. The van der Waals surface area contributed by atoms with E-state index < -0.39 is 0 Å². The summed E-state index contributed by atoms with van der Waals surface area (Å²) in [5.74, 6) is -0.284. The second kappa shape index (κ2) is 7.73. The van der Waals surface area contributed by atoms with Crippen molar-refractivity contribution in [3.8, 4) is 0 Å². The van der Waals surface area contributed by atoms with Crippen molar-refractivity contribution in [2.24, 2.45) is 5.73 Å². The van der Waals surface area contributed by atoms with Crippen LogP contribution in [0.15, 0.2) is 30.3 Å². The molecule has 0 fully saturated rings. The van der Waals surface area contributed by atoms with Gasteiger partial charge in [0.15, 0.2) is 5.78 Å². The molecule has 1 amide bonds. The molecule has 0 spiro atoms. The van der Waals surface area contributed by atoms with Crippen molar-refractivity contribution in [2.75, 3.05) is 11.9 Å². The number of carbonyl (C=O) groups excluding carboxylic acids is 2. The Bertz CT molecular complexity index is 713. The molecule has 0 radical (unpaired) electrons. The third-order valence-electron chi connectivity index (χ3n) is 3.87. The number of thiophene rings is 1. The number of halogens is 1. The van der Waals surface area contributed by atoms with Gasteiger partial charge in [0, 0.05) is 10.4 Å². The van der Waals surface area contributed by atoms with Gasteiger partial charge >= 0.3 is 0 Å². The van der Waals surface area contributed by atoms with Gasteiger partial charge in [-0.1, -0.05) is 30.3 Å². The minimum atomic E-state index is -0.263. The van der Waals surface area contributed by atoms with Gasteiger partial charge in [0.1, 0.15) is 5.00 Å². The summed E-state index contributed by atoms with van der Waals surface area (Å²) in [6.45, 7) is -0.0818. The van der Waals surface area contributed by atoms with Crippen LogP contribution in [0.1, 0.15) is 39.2 Å². The van der Waals surface area contributed by atoms with Crippen molar-refractivity contribution in [2.45, 2.75) is 25.7 Å². The first-order valence-corrected chi connectivity index (χ1v) is 8.26. The number of ketones is 1. The van der Waals surface area contributed by atoms with E-state index in [0.29, 0.717) is 16.1 Å². The molecule has 0 saturated heterocycles. The van der Waals surface area contributed by atoms with Crippen LogP contribution in [-0.2, 0) is 17.6 Å². The topological polar surface area (TPSA) is 72.2 Å². The second-order valence-electron chi connectivity index (χ2n) is 5.36. The van der Waals surface area contributed by atoms with E-state index in [1.54, 1.807) is 0 Å². The van der Waals surface area contributed by atoms with Gasteiger partial charge in [-0.15, -0.1) is 23.7 Å². The lowest BCUT2D eigenvalue weighted by Crippen LogP contribution is -2.22. The van der Waals surface area contributed by atoms with Gasteiger partial charge in [0.05, 0.1) is 12.1 Å². The fourth-order valence-electron chi connectivity index (χ4n) is 2.81. The van der Waals surface area contributed by atoms with Crippen LogP contribution < -0.4 is 11.1 Å². The lowest BCUT2D eigenvalue weighted by atomic mass is 9.92. The quantitative estimate of drug-likeness (QED) is 0.832. The monoisotopic (exact) mass is 350 g/mol. The summed E-state index contributed by atoms with van der Waals surface area (Å²) < 4.78 is 0. The van der Waals surface area contributed by atoms with E-state index in [2.05, 4.69) is 5.32 Å². The van der Waals surface area contributed by atoms with Crippen LogP contribution >= 0.6 is 23.7 Å². The van der Waals surface area contributed by atoms with Gasteiger partial charge in [0.2, 0.25) is 5.91 Å². The molecule has 0 atom stereocenters. The molecule has 1 aliphatic carbocycles. The van der Waals surface area contributed by atoms with E-state index >= 15 is 0 Å². The third kappa shape index (κ3) is 3.63. The molecule has 3 rings (SSSR count). The maximum absolute atomic E-state index is 12.9. The highest BCUT2D eigenvalue weighted by molar-refractivity contribution is 7.17. The standard InChI is InChI=1S/C17H18N2O2S.ClH/c18-10-14(20)19-17-15(12-8-4-5-9-13(12)22-17)16(21)11-6-2-1-3-7-11;/h1-3,6-7H,4-5,8-10,18H2,(H,19,20);1H. The van der Waals surface area contributed by atoms with Crippen LogP contribution in [0.25, 0.3) is 0 Å². The number of hydrogen-bond donors (Lipinski definition) is 2. The third-order valence-corrected chi connectivity index (χ3v) is 5.08. The molecule has 0 unspecified atom stereocenters. The molecule has 0 saturated carbocycles. The van der Waals surface area contributed by atoms with Crippen LogP contribution in [0.3, 0.4) is 0 Å². The molecule has 2 aromatic rings. The van der Waals surface area contributed by atoms with Gasteiger partial charge in [-0.2, -0.15) is 0 Å². The smallest absolute Gasteiger partial charge is 0.238 e. The Labute approximate surface area is 145 Å². The van der Waals surface area contributed by atoms with E-state index in [9.17, 15) is 9.59 Å². The van der Waals surface area contributed by atoms with Crippen LogP contribution in [-0.4, -0.2) is 18.2 Å². The second-order valence-corrected chi connectivity index (χ2v) is 6.47. The molecule has 6 heteroatoms. The summed E-state index contributed by atoms with van der Waals surface area (Å²) in [6.07, 6.45) is 4.10. The maximum atomic E-state index is 12.9. The molecular weight excluding hydrogens is 332 g/mol. The zero-order valence-corrected chi connectivity index (χ0v) is 14.3. The highest BCUT2D eigenvalue weighted by Crippen LogP contribution is 2.39. The molecule has 122 valence electrons. The Morgan fingerprint density at radius 1 is 1.13 bits per heavy atom. The van der Waals surface area contributed by atoms with E-state index in [4.69, 9.17) is 5.73 Å². The van der Waals surface area contributed by atoms with Crippen molar-refractivity contribution < 1.29 is 9.59 Å². The van der Waals surface area contributed by atoms with Gasteiger partial charge in [-0.05, 0) is 31.2 Å². The summed E-state index contributed by atoms with van der Waals surface area (Å²) in [7, 11) is 0. The molecule has 1 aromatic heterocycles. The minimum Gasteiger partial charge on any atom is -0.322 e. The molecule has 3 N–H and O–H groups in total. The van der Waals surface area contributed by atoms with Crippen molar-refractivity contribution >= 4 is 40.4 Å². The predicted molar refractivity (Wildman–Crippen MR) is 95.8 cm³/mol. The largest absolute Gasteiger partial charge is 0.322 e. The number of anilines is 1. The number of nitrogens with two attached hydrogens (primary N) is 1. The lowest BCUT2D eigenvalue weighted by molar-refractivity contribution is -0.114.